The maximum atomic E-state index is 12.7. The Kier molecular flexibility index (Phi) is 10.5. The number of methoxy groups -OCH3 is 1. The predicted molar refractivity (Wildman–Crippen MR) is 116 cm³/mol. The van der Waals surface area contributed by atoms with Crippen LogP contribution in [0.4, 0.5) is 0 Å². The molecule has 1 saturated heterocycles. The quantitative estimate of drug-likeness (QED) is 0.347. The molecule has 1 aromatic rings. The molecule has 7 heteroatoms. The van der Waals surface area contributed by atoms with Crippen molar-refractivity contribution in [2.45, 2.75) is 26.8 Å². The van der Waals surface area contributed by atoms with Crippen molar-refractivity contribution in [2.75, 3.05) is 59.7 Å². The van der Waals surface area contributed by atoms with E-state index in [4.69, 9.17) is 9.47 Å². The summed E-state index contributed by atoms with van der Waals surface area (Å²) in [5.74, 6) is 1.35. The van der Waals surface area contributed by atoms with Crippen LogP contribution < -0.4 is 5.32 Å². The number of nitrogens with zero attached hydrogens (tertiary/aromatic N) is 3. The van der Waals surface area contributed by atoms with E-state index in [1.54, 1.807) is 7.11 Å². The van der Waals surface area contributed by atoms with Gasteiger partial charge in [-0.2, -0.15) is 0 Å². The summed E-state index contributed by atoms with van der Waals surface area (Å²) in [5, 5.41) is 3.33. The van der Waals surface area contributed by atoms with Gasteiger partial charge in [0.05, 0.1) is 19.8 Å². The Hall–Kier alpha value is -2.12. The highest BCUT2D eigenvalue weighted by Gasteiger charge is 2.25. The fraction of sp³-hybridized carbons (Fsp3) is 0.636. The highest BCUT2D eigenvalue weighted by atomic mass is 16.5. The van der Waals surface area contributed by atoms with Crippen molar-refractivity contribution < 1.29 is 14.3 Å². The lowest BCUT2D eigenvalue weighted by molar-refractivity contribution is -0.130. The molecule has 1 fully saturated rings. The summed E-state index contributed by atoms with van der Waals surface area (Å²) in [6.07, 6.45) is 1.07. The van der Waals surface area contributed by atoms with Crippen LogP contribution in [0.25, 0.3) is 0 Å². The van der Waals surface area contributed by atoms with Crippen LogP contribution in [0.1, 0.15) is 25.8 Å². The van der Waals surface area contributed by atoms with Crippen LogP contribution in [0.2, 0.25) is 0 Å². The van der Waals surface area contributed by atoms with Gasteiger partial charge in [0.25, 0.3) is 0 Å². The monoisotopic (exact) mass is 404 g/mol. The van der Waals surface area contributed by atoms with Crippen molar-refractivity contribution in [2.24, 2.45) is 10.9 Å². The molecule has 0 saturated carbocycles. The topological polar surface area (TPSA) is 66.4 Å². The van der Waals surface area contributed by atoms with Crippen molar-refractivity contribution in [1.29, 1.82) is 0 Å². The minimum absolute atomic E-state index is 0.0467. The standard InChI is InChI=1S/C22H36N4O3/c1-4-23-22(26-12-11-20(17-26)18-29-14-13-28-3)24-15-21(27)25(5-2)16-19-9-7-6-8-10-19/h6-10,20H,4-5,11-18H2,1-3H3,(H,23,24). The lowest BCUT2D eigenvalue weighted by atomic mass is 10.1. The molecule has 162 valence electrons. The molecule has 1 N–H and O–H groups in total. The van der Waals surface area contributed by atoms with Crippen LogP contribution in [-0.4, -0.2) is 81.3 Å². The summed E-state index contributed by atoms with van der Waals surface area (Å²) < 4.78 is 10.7. The van der Waals surface area contributed by atoms with Crippen LogP contribution in [0.15, 0.2) is 35.3 Å². The molecule has 1 aromatic carbocycles. The molecular weight excluding hydrogens is 368 g/mol. The number of benzene rings is 1. The van der Waals surface area contributed by atoms with Gasteiger partial charge in [-0.1, -0.05) is 30.3 Å². The van der Waals surface area contributed by atoms with Gasteiger partial charge >= 0.3 is 0 Å². The van der Waals surface area contributed by atoms with E-state index in [1.807, 2.05) is 49.1 Å². The summed E-state index contributed by atoms with van der Waals surface area (Å²) in [6.45, 7) is 10.1. The molecule has 0 radical (unpaired) electrons. The first-order chi connectivity index (χ1) is 14.2. The van der Waals surface area contributed by atoms with Gasteiger partial charge < -0.3 is 24.6 Å². The smallest absolute Gasteiger partial charge is 0.244 e. The second-order valence-corrected chi connectivity index (χ2v) is 7.23. The zero-order valence-electron chi connectivity index (χ0n) is 18.1. The van der Waals surface area contributed by atoms with Crippen LogP contribution in [0, 0.1) is 5.92 Å². The number of amides is 1. The molecule has 1 amide bonds. The van der Waals surface area contributed by atoms with E-state index in [9.17, 15) is 4.79 Å². The minimum atomic E-state index is 0.0467. The zero-order chi connectivity index (χ0) is 20.9. The van der Waals surface area contributed by atoms with Gasteiger partial charge in [0.15, 0.2) is 5.96 Å². The molecule has 1 atom stereocenters. The second kappa shape index (κ2) is 13.2. The van der Waals surface area contributed by atoms with Gasteiger partial charge in [0.1, 0.15) is 6.54 Å². The fourth-order valence-electron chi connectivity index (χ4n) is 3.40. The van der Waals surface area contributed by atoms with Gasteiger partial charge in [-0.25, -0.2) is 4.99 Å². The van der Waals surface area contributed by atoms with E-state index in [0.717, 1.165) is 44.2 Å². The van der Waals surface area contributed by atoms with E-state index >= 15 is 0 Å². The minimum Gasteiger partial charge on any atom is -0.382 e. The van der Waals surface area contributed by atoms with Gasteiger partial charge in [-0.3, -0.25) is 4.79 Å². The number of hydrogen-bond donors (Lipinski definition) is 1. The van der Waals surface area contributed by atoms with E-state index in [-0.39, 0.29) is 12.5 Å². The molecule has 0 aromatic heterocycles. The Morgan fingerprint density at radius 1 is 1.28 bits per heavy atom. The maximum absolute atomic E-state index is 12.7. The number of carbonyl (C=O) groups is 1. The molecule has 7 nitrogen and oxygen atoms in total. The number of hydrogen-bond acceptors (Lipinski definition) is 4. The number of likely N-dealkylation sites (N-methyl/N-ethyl adjacent to an activating group) is 1. The Morgan fingerprint density at radius 3 is 2.76 bits per heavy atom. The Labute approximate surface area is 175 Å². The van der Waals surface area contributed by atoms with Gasteiger partial charge in [0.2, 0.25) is 5.91 Å². The largest absolute Gasteiger partial charge is 0.382 e. The summed E-state index contributed by atoms with van der Waals surface area (Å²) in [5.41, 5.74) is 1.13. The molecular formula is C22H36N4O3. The van der Waals surface area contributed by atoms with E-state index < -0.39 is 0 Å². The Bertz CT molecular complexity index is 624. The zero-order valence-corrected chi connectivity index (χ0v) is 18.1. The molecule has 0 aliphatic carbocycles. The Balaban J connectivity index is 1.88. The summed E-state index contributed by atoms with van der Waals surface area (Å²) in [4.78, 5) is 21.4. The SMILES string of the molecule is CCNC(=NCC(=O)N(CC)Cc1ccccc1)N1CCC(COCCOC)C1. The van der Waals surface area contributed by atoms with Gasteiger partial charge in [-0.05, 0) is 25.8 Å². The Morgan fingerprint density at radius 2 is 2.07 bits per heavy atom. The molecule has 2 rings (SSSR count). The molecule has 0 bridgehead atoms. The number of aliphatic imine (C=N–C) groups is 1. The first-order valence-electron chi connectivity index (χ1n) is 10.6. The normalized spacial score (nSPS) is 16.9. The van der Waals surface area contributed by atoms with E-state index in [2.05, 4.69) is 15.2 Å². The van der Waals surface area contributed by atoms with Gasteiger partial charge in [0, 0.05) is 45.8 Å². The number of carbonyl (C=O) groups excluding carboxylic acids is 1. The molecule has 1 aliphatic rings. The average Bonchev–Trinajstić information content (AvgIpc) is 3.21. The lowest BCUT2D eigenvalue weighted by Gasteiger charge is -2.23. The third-order valence-electron chi connectivity index (χ3n) is 5.02. The van der Waals surface area contributed by atoms with Crippen LogP contribution in [-0.2, 0) is 20.8 Å². The van der Waals surface area contributed by atoms with Gasteiger partial charge in [-0.15, -0.1) is 0 Å². The number of guanidine groups is 1. The van der Waals surface area contributed by atoms with Crippen molar-refractivity contribution in [1.82, 2.24) is 15.1 Å². The van der Waals surface area contributed by atoms with E-state index in [1.165, 1.54) is 0 Å². The van der Waals surface area contributed by atoms with E-state index in [0.29, 0.717) is 32.2 Å². The summed E-state index contributed by atoms with van der Waals surface area (Å²) in [6, 6.07) is 10.1. The molecule has 1 heterocycles. The molecule has 1 aliphatic heterocycles. The number of likely N-dealkylation sites (tertiary alicyclic amines) is 1. The molecule has 29 heavy (non-hydrogen) atoms. The first kappa shape index (κ1) is 23.2. The van der Waals surface area contributed by atoms with Crippen molar-refractivity contribution >= 4 is 11.9 Å². The lowest BCUT2D eigenvalue weighted by Crippen LogP contribution is -2.41. The van der Waals surface area contributed by atoms with Crippen LogP contribution >= 0.6 is 0 Å². The number of nitrogens with one attached hydrogen (secondary N) is 1. The first-order valence-corrected chi connectivity index (χ1v) is 10.6. The second-order valence-electron chi connectivity index (χ2n) is 7.23. The summed E-state index contributed by atoms with van der Waals surface area (Å²) in [7, 11) is 1.68. The number of rotatable bonds is 11. The maximum Gasteiger partial charge on any atom is 0.244 e. The average molecular weight is 405 g/mol. The van der Waals surface area contributed by atoms with Crippen molar-refractivity contribution in [3.8, 4) is 0 Å². The predicted octanol–water partition coefficient (Wildman–Crippen LogP) is 1.99. The third-order valence-corrected chi connectivity index (χ3v) is 5.02. The fourth-order valence-corrected chi connectivity index (χ4v) is 3.40. The molecule has 1 unspecified atom stereocenters. The van der Waals surface area contributed by atoms with Crippen molar-refractivity contribution in [3.63, 3.8) is 0 Å². The van der Waals surface area contributed by atoms with Crippen LogP contribution in [0.5, 0.6) is 0 Å². The molecule has 0 spiro atoms. The van der Waals surface area contributed by atoms with Crippen LogP contribution in [0.3, 0.4) is 0 Å². The van der Waals surface area contributed by atoms with Crippen molar-refractivity contribution in [3.05, 3.63) is 35.9 Å². The summed E-state index contributed by atoms with van der Waals surface area (Å²) >= 11 is 0. The third kappa shape index (κ3) is 8.03. The number of ether oxygens (including phenoxy) is 2. The highest BCUT2D eigenvalue weighted by Crippen LogP contribution is 2.16. The highest BCUT2D eigenvalue weighted by molar-refractivity contribution is 5.85.